The van der Waals surface area contributed by atoms with E-state index in [4.69, 9.17) is 4.74 Å². The van der Waals surface area contributed by atoms with E-state index >= 15 is 0 Å². The third kappa shape index (κ3) is 5.52. The molecular weight excluding hydrogens is 295 g/mol. The summed E-state index contributed by atoms with van der Waals surface area (Å²) in [5, 5.41) is 6.33. The van der Waals surface area contributed by atoms with Crippen LogP contribution in [0.5, 0.6) is 5.75 Å². The van der Waals surface area contributed by atoms with Gasteiger partial charge in [-0.05, 0) is 38.4 Å². The second-order valence-electron chi connectivity index (χ2n) is 5.09. The smallest absolute Gasteiger partial charge is 0.223 e. The fraction of sp³-hybridized carbons (Fsp3) is 0.533. The van der Waals surface area contributed by atoms with Crippen LogP contribution in [0.4, 0.5) is 4.39 Å². The number of rotatable bonds is 5. The molecule has 0 aromatic heterocycles. The van der Waals surface area contributed by atoms with Gasteiger partial charge in [0.2, 0.25) is 5.91 Å². The van der Waals surface area contributed by atoms with Gasteiger partial charge in [0.1, 0.15) is 0 Å². The van der Waals surface area contributed by atoms with E-state index in [1.54, 1.807) is 18.2 Å². The Morgan fingerprint density at radius 2 is 2.24 bits per heavy atom. The first kappa shape index (κ1) is 17.7. The Morgan fingerprint density at radius 1 is 1.48 bits per heavy atom. The summed E-state index contributed by atoms with van der Waals surface area (Å²) in [4.78, 5) is 11.8. The quantitative estimate of drug-likeness (QED) is 0.876. The largest absolute Gasteiger partial charge is 0.490 e. The van der Waals surface area contributed by atoms with Gasteiger partial charge < -0.3 is 15.4 Å². The SMILES string of the molecule is CC1NCCCC1NC(=O)CCOc1ccccc1F.Cl. The zero-order valence-corrected chi connectivity index (χ0v) is 12.9. The second kappa shape index (κ2) is 8.85. The maximum atomic E-state index is 13.3. The van der Waals surface area contributed by atoms with E-state index in [9.17, 15) is 9.18 Å². The molecule has 1 aliphatic rings. The van der Waals surface area contributed by atoms with Crippen LogP contribution in [0.15, 0.2) is 24.3 Å². The Bertz CT molecular complexity index is 459. The summed E-state index contributed by atoms with van der Waals surface area (Å²) < 4.78 is 18.6. The molecule has 118 valence electrons. The number of ether oxygens (including phenoxy) is 1. The lowest BCUT2D eigenvalue weighted by molar-refractivity contribution is -0.122. The molecule has 0 spiro atoms. The maximum Gasteiger partial charge on any atom is 0.223 e. The van der Waals surface area contributed by atoms with Crippen molar-refractivity contribution in [1.29, 1.82) is 0 Å². The highest BCUT2D eigenvalue weighted by atomic mass is 35.5. The van der Waals surface area contributed by atoms with E-state index in [2.05, 4.69) is 17.6 Å². The molecule has 2 unspecified atom stereocenters. The molecular formula is C15H22ClFN2O2. The number of nitrogens with one attached hydrogen (secondary N) is 2. The van der Waals surface area contributed by atoms with E-state index in [0.29, 0.717) is 6.04 Å². The van der Waals surface area contributed by atoms with E-state index in [1.165, 1.54) is 6.07 Å². The van der Waals surface area contributed by atoms with Crippen molar-refractivity contribution >= 4 is 18.3 Å². The predicted molar refractivity (Wildman–Crippen MR) is 82.4 cm³/mol. The van der Waals surface area contributed by atoms with Gasteiger partial charge in [-0.3, -0.25) is 4.79 Å². The monoisotopic (exact) mass is 316 g/mol. The van der Waals surface area contributed by atoms with Crippen LogP contribution in [0.25, 0.3) is 0 Å². The van der Waals surface area contributed by atoms with Crippen LogP contribution in [0.2, 0.25) is 0 Å². The number of halogens is 2. The van der Waals surface area contributed by atoms with Crippen LogP contribution < -0.4 is 15.4 Å². The van der Waals surface area contributed by atoms with Crippen LogP contribution in [-0.4, -0.2) is 31.1 Å². The lowest BCUT2D eigenvalue weighted by Gasteiger charge is -2.30. The van der Waals surface area contributed by atoms with Gasteiger partial charge in [-0.2, -0.15) is 0 Å². The zero-order chi connectivity index (χ0) is 14.4. The highest BCUT2D eigenvalue weighted by molar-refractivity contribution is 5.85. The van der Waals surface area contributed by atoms with E-state index < -0.39 is 5.82 Å². The number of benzene rings is 1. The summed E-state index contributed by atoms with van der Waals surface area (Å²) >= 11 is 0. The third-order valence-corrected chi connectivity index (χ3v) is 3.53. The molecule has 0 aliphatic carbocycles. The van der Waals surface area contributed by atoms with Crippen molar-refractivity contribution in [1.82, 2.24) is 10.6 Å². The molecule has 2 N–H and O–H groups in total. The second-order valence-corrected chi connectivity index (χ2v) is 5.09. The molecule has 1 heterocycles. The molecule has 0 bridgehead atoms. The minimum atomic E-state index is -0.405. The maximum absolute atomic E-state index is 13.3. The molecule has 1 fully saturated rings. The van der Waals surface area contributed by atoms with Crippen molar-refractivity contribution in [3.63, 3.8) is 0 Å². The number of carbonyl (C=O) groups excluding carboxylic acids is 1. The molecule has 1 aliphatic heterocycles. The fourth-order valence-corrected chi connectivity index (χ4v) is 2.34. The van der Waals surface area contributed by atoms with E-state index in [1.807, 2.05) is 0 Å². The van der Waals surface area contributed by atoms with E-state index in [0.717, 1.165) is 19.4 Å². The summed E-state index contributed by atoms with van der Waals surface area (Å²) in [7, 11) is 0. The van der Waals surface area contributed by atoms with Crippen molar-refractivity contribution < 1.29 is 13.9 Å². The summed E-state index contributed by atoms with van der Waals surface area (Å²) in [5.41, 5.74) is 0. The molecule has 2 atom stereocenters. The average molecular weight is 317 g/mol. The molecule has 1 saturated heterocycles. The lowest BCUT2D eigenvalue weighted by atomic mass is 10.00. The summed E-state index contributed by atoms with van der Waals surface area (Å²) in [6, 6.07) is 6.66. The number of hydrogen-bond acceptors (Lipinski definition) is 3. The van der Waals surface area contributed by atoms with Crippen LogP contribution in [0.3, 0.4) is 0 Å². The van der Waals surface area contributed by atoms with Crippen LogP contribution >= 0.6 is 12.4 Å². The minimum Gasteiger partial charge on any atom is -0.490 e. The molecule has 2 rings (SSSR count). The van der Waals surface area contributed by atoms with Gasteiger partial charge in [0, 0.05) is 12.1 Å². The van der Waals surface area contributed by atoms with Gasteiger partial charge in [-0.1, -0.05) is 12.1 Å². The first-order valence-corrected chi connectivity index (χ1v) is 7.07. The Labute approximate surface area is 130 Å². The topological polar surface area (TPSA) is 50.4 Å². The van der Waals surface area contributed by atoms with Crippen molar-refractivity contribution in [2.75, 3.05) is 13.2 Å². The van der Waals surface area contributed by atoms with Gasteiger partial charge >= 0.3 is 0 Å². The molecule has 21 heavy (non-hydrogen) atoms. The molecule has 1 aromatic carbocycles. The molecule has 0 saturated carbocycles. The predicted octanol–water partition coefficient (Wildman–Crippen LogP) is 2.27. The Balaban J connectivity index is 0.00000220. The van der Waals surface area contributed by atoms with Crippen molar-refractivity contribution in [3.05, 3.63) is 30.1 Å². The van der Waals surface area contributed by atoms with Crippen LogP contribution in [0, 0.1) is 5.82 Å². The van der Waals surface area contributed by atoms with Crippen LogP contribution in [0.1, 0.15) is 26.2 Å². The number of para-hydroxylation sites is 1. The molecule has 6 heteroatoms. The molecule has 4 nitrogen and oxygen atoms in total. The minimum absolute atomic E-state index is 0. The standard InChI is InChI=1S/C15H21FN2O2.ClH/c1-11-13(6-4-9-17-11)18-15(19)8-10-20-14-7-3-2-5-12(14)16;/h2-3,5,7,11,13,17H,4,6,8-10H2,1H3,(H,18,19);1H. The van der Waals surface area contributed by atoms with Crippen molar-refractivity contribution in [3.8, 4) is 5.75 Å². The normalized spacial score (nSPS) is 21.2. The third-order valence-electron chi connectivity index (χ3n) is 3.53. The number of carbonyl (C=O) groups is 1. The number of piperidine rings is 1. The summed E-state index contributed by atoms with van der Waals surface area (Å²) in [5.74, 6) is -0.270. The lowest BCUT2D eigenvalue weighted by Crippen LogP contribution is -2.52. The fourth-order valence-electron chi connectivity index (χ4n) is 2.34. The summed E-state index contributed by atoms with van der Waals surface area (Å²) in [6.45, 7) is 3.26. The van der Waals surface area contributed by atoms with Crippen LogP contribution in [-0.2, 0) is 4.79 Å². The van der Waals surface area contributed by atoms with Crippen molar-refractivity contribution in [2.45, 2.75) is 38.3 Å². The van der Waals surface area contributed by atoms with Gasteiger partial charge in [0.05, 0.1) is 13.0 Å². The van der Waals surface area contributed by atoms with E-state index in [-0.39, 0.29) is 43.1 Å². The van der Waals surface area contributed by atoms with Crippen molar-refractivity contribution in [2.24, 2.45) is 0 Å². The highest BCUT2D eigenvalue weighted by Gasteiger charge is 2.22. The summed E-state index contributed by atoms with van der Waals surface area (Å²) in [6.07, 6.45) is 2.30. The molecule has 0 radical (unpaired) electrons. The first-order chi connectivity index (χ1) is 9.66. The number of amides is 1. The zero-order valence-electron chi connectivity index (χ0n) is 12.1. The number of hydrogen-bond donors (Lipinski definition) is 2. The first-order valence-electron chi connectivity index (χ1n) is 7.07. The van der Waals surface area contributed by atoms with Gasteiger partial charge in [-0.15, -0.1) is 12.4 Å². The Kier molecular flexibility index (Phi) is 7.47. The van der Waals surface area contributed by atoms with Gasteiger partial charge in [0.15, 0.2) is 11.6 Å². The van der Waals surface area contributed by atoms with Gasteiger partial charge in [0.25, 0.3) is 0 Å². The highest BCUT2D eigenvalue weighted by Crippen LogP contribution is 2.15. The Hall–Kier alpha value is -1.33. The Morgan fingerprint density at radius 3 is 2.95 bits per heavy atom. The van der Waals surface area contributed by atoms with Gasteiger partial charge in [-0.25, -0.2) is 4.39 Å². The average Bonchev–Trinajstić information content (AvgIpc) is 2.43. The molecule has 1 aromatic rings. The molecule has 1 amide bonds.